The highest BCUT2D eigenvalue weighted by Gasteiger charge is 2.52. The largest absolute Gasteiger partial charge is 0.456 e. The van der Waals surface area contributed by atoms with Gasteiger partial charge in [-0.25, -0.2) is 4.98 Å². The molecule has 9 aromatic rings. The predicted octanol–water partition coefficient (Wildman–Crippen LogP) is 10.7. The third-order valence-electron chi connectivity index (χ3n) is 10.9. The maximum absolute atomic E-state index is 10.2. The molecule has 0 amide bonds. The van der Waals surface area contributed by atoms with Crippen molar-refractivity contribution in [1.82, 2.24) is 9.55 Å². The van der Waals surface area contributed by atoms with Crippen molar-refractivity contribution in [2.24, 2.45) is 0 Å². The van der Waals surface area contributed by atoms with Crippen molar-refractivity contribution >= 4 is 33.0 Å². The van der Waals surface area contributed by atoms with Crippen molar-refractivity contribution < 1.29 is 4.42 Å². The van der Waals surface area contributed by atoms with Crippen LogP contribution in [0.3, 0.4) is 0 Å². The molecule has 2 heterocycles. The zero-order valence-corrected chi connectivity index (χ0v) is 27.1. The normalized spacial score (nSPS) is 15.1. The Morgan fingerprint density at radius 1 is 0.569 bits per heavy atom. The second kappa shape index (κ2) is 9.92. The summed E-state index contributed by atoms with van der Waals surface area (Å²) < 4.78 is 8.64. The van der Waals surface area contributed by atoms with Crippen LogP contribution in [0.4, 0.5) is 0 Å². The molecule has 5 heteroatoms. The first-order valence-electron chi connectivity index (χ1n) is 16.9. The van der Waals surface area contributed by atoms with Crippen LogP contribution in [0.15, 0.2) is 150 Å². The van der Waals surface area contributed by atoms with Gasteiger partial charge in [0.2, 0.25) is 0 Å². The molecule has 0 bridgehead atoms. The Morgan fingerprint density at radius 2 is 1.31 bits per heavy atom. The van der Waals surface area contributed by atoms with E-state index in [1.807, 2.05) is 36.4 Å². The summed E-state index contributed by atoms with van der Waals surface area (Å²) in [6.45, 7) is 0. The molecule has 0 radical (unpaired) electrons. The van der Waals surface area contributed by atoms with E-state index in [4.69, 9.17) is 9.40 Å². The first-order chi connectivity index (χ1) is 25.2. The topological polar surface area (TPSA) is 78.5 Å². The van der Waals surface area contributed by atoms with E-state index in [2.05, 4.69) is 126 Å². The Hall–Kier alpha value is -7.21. The van der Waals surface area contributed by atoms with E-state index in [-0.39, 0.29) is 0 Å². The van der Waals surface area contributed by atoms with Crippen molar-refractivity contribution in [1.29, 1.82) is 10.5 Å². The molecule has 0 saturated carbocycles. The second-order valence-corrected chi connectivity index (χ2v) is 13.3. The van der Waals surface area contributed by atoms with Crippen molar-refractivity contribution in [3.05, 3.63) is 179 Å². The number of fused-ring (bicyclic) bond motifs is 15. The molecule has 11 rings (SSSR count). The molecule has 1 spiro atoms. The number of para-hydroxylation sites is 3. The van der Waals surface area contributed by atoms with Gasteiger partial charge in [-0.3, -0.25) is 4.57 Å². The summed E-state index contributed by atoms with van der Waals surface area (Å²) in [5.41, 5.74) is 15.1. The highest BCUT2D eigenvalue weighted by molar-refractivity contribution is 6.16. The Morgan fingerprint density at radius 3 is 2.20 bits per heavy atom. The average Bonchev–Trinajstić information content (AvgIpc) is 3.92. The summed E-state index contributed by atoms with van der Waals surface area (Å²) in [6.07, 6.45) is 0. The van der Waals surface area contributed by atoms with Crippen molar-refractivity contribution in [2.45, 2.75) is 5.41 Å². The number of nitriles is 2. The van der Waals surface area contributed by atoms with E-state index < -0.39 is 5.41 Å². The molecular formula is C46H24N4O. The van der Waals surface area contributed by atoms with Crippen LogP contribution in [0, 0.1) is 22.7 Å². The lowest BCUT2D eigenvalue weighted by Gasteiger charge is -2.30. The molecule has 0 aliphatic heterocycles. The van der Waals surface area contributed by atoms with Gasteiger partial charge in [0.1, 0.15) is 17.0 Å². The van der Waals surface area contributed by atoms with Crippen molar-refractivity contribution in [3.63, 3.8) is 0 Å². The fourth-order valence-corrected chi connectivity index (χ4v) is 8.88. The van der Waals surface area contributed by atoms with Crippen molar-refractivity contribution in [3.8, 4) is 51.5 Å². The molecule has 1 unspecified atom stereocenters. The molecule has 0 saturated heterocycles. The number of rotatable bonds is 2. The summed E-state index contributed by atoms with van der Waals surface area (Å²) in [4.78, 5) is 5.19. The maximum atomic E-state index is 10.2. The number of imidazole rings is 1. The van der Waals surface area contributed by atoms with Crippen LogP contribution in [-0.4, -0.2) is 9.55 Å². The number of hydrogen-bond acceptors (Lipinski definition) is 4. The number of hydrogen-bond donors (Lipinski definition) is 0. The van der Waals surface area contributed by atoms with Gasteiger partial charge in [-0.15, -0.1) is 0 Å². The van der Waals surface area contributed by atoms with Crippen LogP contribution in [0.2, 0.25) is 0 Å². The van der Waals surface area contributed by atoms with E-state index >= 15 is 0 Å². The van der Waals surface area contributed by atoms with Crippen LogP contribution in [0.25, 0.3) is 72.3 Å². The lowest BCUT2D eigenvalue weighted by Crippen LogP contribution is -2.26. The first-order valence-corrected chi connectivity index (χ1v) is 16.9. The Balaban J connectivity index is 1.23. The molecule has 5 nitrogen and oxygen atoms in total. The zero-order chi connectivity index (χ0) is 33.8. The summed E-state index contributed by atoms with van der Waals surface area (Å²) in [5, 5.41) is 21.8. The molecule has 0 N–H and O–H groups in total. The Bertz CT molecular complexity index is 3060. The van der Waals surface area contributed by atoms with Crippen LogP contribution in [0.5, 0.6) is 0 Å². The molecule has 7 aromatic carbocycles. The Labute approximate surface area is 292 Å². The summed E-state index contributed by atoms with van der Waals surface area (Å²) in [7, 11) is 0. The fourth-order valence-electron chi connectivity index (χ4n) is 8.88. The van der Waals surface area contributed by atoms with Gasteiger partial charge < -0.3 is 4.42 Å². The van der Waals surface area contributed by atoms with Crippen LogP contribution in [0.1, 0.15) is 33.4 Å². The number of nitrogens with zero attached hydrogens (tertiary/aromatic N) is 4. The van der Waals surface area contributed by atoms with Gasteiger partial charge in [0.05, 0.1) is 39.7 Å². The fraction of sp³-hybridized carbons (Fsp3) is 0.0217. The van der Waals surface area contributed by atoms with Gasteiger partial charge in [0.25, 0.3) is 0 Å². The molecule has 1 atom stereocenters. The van der Waals surface area contributed by atoms with E-state index in [0.29, 0.717) is 16.7 Å². The van der Waals surface area contributed by atoms with E-state index in [1.54, 1.807) is 0 Å². The Kier molecular flexibility index (Phi) is 5.39. The summed E-state index contributed by atoms with van der Waals surface area (Å²) in [5.74, 6) is 0.880. The molecule has 2 aliphatic rings. The van der Waals surface area contributed by atoms with Gasteiger partial charge in [0.15, 0.2) is 0 Å². The standard InChI is InChI=1S/C46H24N4O/c47-25-27-14-17-32-38(22-27)46(37-20-21-41-44(43(32)37)33-18-15-28(26-48)23-42(33)51-41)35-11-5-4-10-31(35)34-24-29(16-19-36(34)46)45-49-39-12-6-7-13-40(39)50(45)30-8-2-1-3-9-30/h1-24H. The highest BCUT2D eigenvalue weighted by Crippen LogP contribution is 2.64. The van der Waals surface area contributed by atoms with Gasteiger partial charge in [-0.05, 0) is 111 Å². The number of aromatic nitrogens is 2. The van der Waals surface area contributed by atoms with E-state index in [1.165, 1.54) is 11.1 Å². The number of furan rings is 1. The lowest BCUT2D eigenvalue weighted by atomic mass is 9.70. The minimum Gasteiger partial charge on any atom is -0.456 e. The second-order valence-electron chi connectivity index (χ2n) is 13.3. The zero-order valence-electron chi connectivity index (χ0n) is 27.1. The van der Waals surface area contributed by atoms with Gasteiger partial charge >= 0.3 is 0 Å². The maximum Gasteiger partial charge on any atom is 0.145 e. The van der Waals surface area contributed by atoms with E-state index in [9.17, 15) is 10.5 Å². The smallest absolute Gasteiger partial charge is 0.145 e. The summed E-state index contributed by atoms with van der Waals surface area (Å²) in [6, 6.07) is 54.8. The molecule has 2 aliphatic carbocycles. The average molecular weight is 649 g/mol. The minimum absolute atomic E-state index is 0.559. The molecule has 51 heavy (non-hydrogen) atoms. The van der Waals surface area contributed by atoms with Crippen LogP contribution in [-0.2, 0) is 5.41 Å². The predicted molar refractivity (Wildman–Crippen MR) is 200 cm³/mol. The van der Waals surface area contributed by atoms with Gasteiger partial charge in [0, 0.05) is 22.0 Å². The van der Waals surface area contributed by atoms with Crippen molar-refractivity contribution in [2.75, 3.05) is 0 Å². The quantitative estimate of drug-likeness (QED) is 0.187. The minimum atomic E-state index is -0.661. The lowest BCUT2D eigenvalue weighted by molar-refractivity contribution is 0.668. The highest BCUT2D eigenvalue weighted by atomic mass is 16.3. The number of benzene rings is 7. The molecule has 234 valence electrons. The monoisotopic (exact) mass is 648 g/mol. The molecule has 0 fully saturated rings. The SMILES string of the molecule is N#Cc1ccc2c(c1)C1(c3ccccc3-c3cc(-c4nc5ccccc5n4-c4ccccc4)ccc31)c1ccc3oc4cc(C#N)ccc4c3c1-2. The van der Waals surface area contributed by atoms with Crippen LogP contribution < -0.4 is 0 Å². The van der Waals surface area contributed by atoms with Gasteiger partial charge in [-0.1, -0.05) is 78.9 Å². The third-order valence-corrected chi connectivity index (χ3v) is 10.9. The third kappa shape index (κ3) is 3.49. The van der Waals surface area contributed by atoms with Crippen LogP contribution >= 0.6 is 0 Å². The van der Waals surface area contributed by atoms with E-state index in [0.717, 1.165) is 77.8 Å². The molecule has 2 aromatic heterocycles. The molecular weight excluding hydrogens is 625 g/mol. The van der Waals surface area contributed by atoms with Gasteiger partial charge in [-0.2, -0.15) is 10.5 Å². The summed E-state index contributed by atoms with van der Waals surface area (Å²) >= 11 is 0. The first kappa shape index (κ1) is 27.7.